The first-order chi connectivity index (χ1) is 15.9. The molecule has 3 aliphatic rings. The zero-order valence-electron chi connectivity index (χ0n) is 19.8. The van der Waals surface area contributed by atoms with Crippen molar-refractivity contribution in [3.63, 3.8) is 0 Å². The van der Waals surface area contributed by atoms with Crippen molar-refractivity contribution in [2.75, 3.05) is 46.3 Å². The van der Waals surface area contributed by atoms with Crippen LogP contribution >= 0.6 is 0 Å². The molecule has 3 heterocycles. The summed E-state index contributed by atoms with van der Waals surface area (Å²) < 4.78 is 0. The second-order valence-corrected chi connectivity index (χ2v) is 10.1. The van der Waals surface area contributed by atoms with Crippen LogP contribution in [0.2, 0.25) is 0 Å². The van der Waals surface area contributed by atoms with Gasteiger partial charge in [-0.05, 0) is 67.8 Å². The van der Waals surface area contributed by atoms with Crippen LogP contribution in [-0.4, -0.2) is 77.8 Å². The number of likely N-dealkylation sites (N-methyl/N-ethyl adjacent to an activating group) is 1. The van der Waals surface area contributed by atoms with Crippen molar-refractivity contribution in [2.45, 2.75) is 43.9 Å². The topological polar surface area (TPSA) is 56.8 Å². The van der Waals surface area contributed by atoms with Crippen molar-refractivity contribution >= 4 is 11.8 Å². The first-order valence-electron chi connectivity index (χ1n) is 12.2. The third kappa shape index (κ3) is 4.29. The standard InChI is InChI=1S/C27H34N4O2/c1-20-6-5-9-24(28-20)26(33)31-12-10-27(11-13-31)19-21(22-7-3-4-8-23(22)27)18-25(32)30-16-14-29(2)15-17-30/h3-9,21H,10-19H2,1-2H3. The molecule has 2 aromatic rings. The first-order valence-corrected chi connectivity index (χ1v) is 12.2. The molecule has 0 radical (unpaired) electrons. The van der Waals surface area contributed by atoms with Crippen LogP contribution in [0.15, 0.2) is 42.5 Å². The van der Waals surface area contributed by atoms with Gasteiger partial charge in [-0.15, -0.1) is 0 Å². The predicted octanol–water partition coefficient (Wildman–Crippen LogP) is 3.22. The van der Waals surface area contributed by atoms with E-state index in [4.69, 9.17) is 0 Å². The molecule has 1 spiro atoms. The molecule has 1 atom stereocenters. The van der Waals surface area contributed by atoms with E-state index >= 15 is 0 Å². The average molecular weight is 447 g/mol. The van der Waals surface area contributed by atoms with Crippen molar-refractivity contribution in [1.29, 1.82) is 0 Å². The SMILES string of the molecule is Cc1cccc(C(=O)N2CCC3(CC2)CC(CC(=O)N2CCN(C)CC2)c2ccccc23)n1. The third-order valence-electron chi connectivity index (χ3n) is 8.00. The summed E-state index contributed by atoms with van der Waals surface area (Å²) in [7, 11) is 2.12. The molecule has 1 unspecified atom stereocenters. The van der Waals surface area contributed by atoms with Gasteiger partial charge >= 0.3 is 0 Å². The number of nitrogens with zero attached hydrogens (tertiary/aromatic N) is 4. The van der Waals surface area contributed by atoms with E-state index in [-0.39, 0.29) is 23.1 Å². The Hall–Kier alpha value is -2.73. The highest BCUT2D eigenvalue weighted by Gasteiger charge is 2.46. The van der Waals surface area contributed by atoms with Crippen molar-refractivity contribution in [3.8, 4) is 0 Å². The number of likely N-dealkylation sites (tertiary alicyclic amines) is 1. The molecule has 6 nitrogen and oxygen atoms in total. The molecule has 2 aliphatic heterocycles. The molecule has 0 saturated carbocycles. The fourth-order valence-electron chi connectivity index (χ4n) is 6.04. The zero-order valence-corrected chi connectivity index (χ0v) is 19.8. The van der Waals surface area contributed by atoms with Gasteiger partial charge in [0.15, 0.2) is 0 Å². The van der Waals surface area contributed by atoms with Crippen LogP contribution < -0.4 is 0 Å². The molecule has 0 bridgehead atoms. The van der Waals surface area contributed by atoms with E-state index in [1.807, 2.05) is 34.9 Å². The number of pyridine rings is 1. The number of aryl methyl sites for hydroxylation is 1. The van der Waals surface area contributed by atoms with Gasteiger partial charge in [-0.3, -0.25) is 9.59 Å². The lowest BCUT2D eigenvalue weighted by atomic mass is 9.73. The lowest BCUT2D eigenvalue weighted by Gasteiger charge is -2.40. The number of aromatic nitrogens is 1. The highest BCUT2D eigenvalue weighted by molar-refractivity contribution is 5.92. The summed E-state index contributed by atoms with van der Waals surface area (Å²) in [5.74, 6) is 0.591. The second kappa shape index (κ2) is 8.90. The molecular weight excluding hydrogens is 412 g/mol. The van der Waals surface area contributed by atoms with E-state index in [9.17, 15) is 9.59 Å². The van der Waals surface area contributed by atoms with Crippen LogP contribution in [0.25, 0.3) is 0 Å². The van der Waals surface area contributed by atoms with E-state index in [2.05, 4.69) is 41.2 Å². The fraction of sp³-hybridized carbons (Fsp3) is 0.519. The van der Waals surface area contributed by atoms with Gasteiger partial charge in [0.05, 0.1) is 0 Å². The van der Waals surface area contributed by atoms with Crippen LogP contribution in [0.5, 0.6) is 0 Å². The number of carbonyl (C=O) groups excluding carboxylic acids is 2. The zero-order chi connectivity index (χ0) is 23.0. The van der Waals surface area contributed by atoms with Gasteiger partial charge in [0.2, 0.25) is 5.91 Å². The Morgan fingerprint density at radius 3 is 2.39 bits per heavy atom. The molecule has 6 heteroatoms. The molecule has 174 valence electrons. The van der Waals surface area contributed by atoms with Gasteiger partial charge in [0.25, 0.3) is 5.91 Å². The molecule has 2 saturated heterocycles. The highest BCUT2D eigenvalue weighted by Crippen LogP contribution is 2.52. The predicted molar refractivity (Wildman–Crippen MR) is 128 cm³/mol. The quantitative estimate of drug-likeness (QED) is 0.727. The average Bonchev–Trinajstić information content (AvgIpc) is 3.12. The second-order valence-electron chi connectivity index (χ2n) is 10.1. The number of benzene rings is 1. The van der Waals surface area contributed by atoms with Gasteiger partial charge in [-0.25, -0.2) is 4.98 Å². The summed E-state index contributed by atoms with van der Waals surface area (Å²) in [4.78, 5) is 36.8. The van der Waals surface area contributed by atoms with Crippen LogP contribution in [0.4, 0.5) is 0 Å². The molecule has 1 aliphatic carbocycles. The third-order valence-corrected chi connectivity index (χ3v) is 8.00. The number of piperazine rings is 1. The monoisotopic (exact) mass is 446 g/mol. The van der Waals surface area contributed by atoms with E-state index in [0.717, 1.165) is 64.2 Å². The number of rotatable bonds is 3. The minimum atomic E-state index is 0.0293. The molecule has 0 N–H and O–H groups in total. The summed E-state index contributed by atoms with van der Waals surface area (Å²) in [6, 6.07) is 14.3. The highest BCUT2D eigenvalue weighted by atomic mass is 16.2. The Morgan fingerprint density at radius 1 is 0.939 bits per heavy atom. The van der Waals surface area contributed by atoms with E-state index in [0.29, 0.717) is 12.1 Å². The maximum absolute atomic E-state index is 13.1. The summed E-state index contributed by atoms with van der Waals surface area (Å²) in [5, 5.41) is 0. The van der Waals surface area contributed by atoms with Crippen molar-refractivity contribution in [2.24, 2.45) is 0 Å². The van der Waals surface area contributed by atoms with Gasteiger partial charge in [-0.2, -0.15) is 0 Å². The van der Waals surface area contributed by atoms with Crippen LogP contribution in [0.3, 0.4) is 0 Å². The van der Waals surface area contributed by atoms with Crippen molar-refractivity contribution in [3.05, 3.63) is 65.0 Å². The normalized spacial score (nSPS) is 22.4. The lowest BCUT2D eigenvalue weighted by molar-refractivity contribution is -0.133. The summed E-state index contributed by atoms with van der Waals surface area (Å²) >= 11 is 0. The number of piperidine rings is 1. The number of carbonyl (C=O) groups is 2. The first kappa shape index (κ1) is 22.1. The van der Waals surface area contributed by atoms with Gasteiger partial charge in [0, 0.05) is 51.4 Å². The minimum Gasteiger partial charge on any atom is -0.340 e. The largest absolute Gasteiger partial charge is 0.340 e. The summed E-state index contributed by atoms with van der Waals surface area (Å²) in [6.07, 6.45) is 3.50. The smallest absolute Gasteiger partial charge is 0.272 e. The Morgan fingerprint density at radius 2 is 1.67 bits per heavy atom. The van der Waals surface area contributed by atoms with E-state index < -0.39 is 0 Å². The van der Waals surface area contributed by atoms with Crippen LogP contribution in [-0.2, 0) is 10.2 Å². The van der Waals surface area contributed by atoms with Crippen LogP contribution in [0, 0.1) is 6.92 Å². The maximum atomic E-state index is 13.1. The summed E-state index contributed by atoms with van der Waals surface area (Å²) in [5.41, 5.74) is 4.22. The van der Waals surface area contributed by atoms with Crippen LogP contribution in [0.1, 0.15) is 58.9 Å². The number of amides is 2. The molecule has 1 aromatic heterocycles. The van der Waals surface area contributed by atoms with Gasteiger partial charge in [-0.1, -0.05) is 30.3 Å². The van der Waals surface area contributed by atoms with Crippen molar-refractivity contribution < 1.29 is 9.59 Å². The van der Waals surface area contributed by atoms with E-state index in [1.54, 1.807) is 0 Å². The molecule has 1 aromatic carbocycles. The molecule has 33 heavy (non-hydrogen) atoms. The Bertz CT molecular complexity index is 1040. The molecule has 2 amide bonds. The Kier molecular flexibility index (Phi) is 5.95. The summed E-state index contributed by atoms with van der Waals surface area (Å²) in [6.45, 7) is 6.97. The number of hydrogen-bond acceptors (Lipinski definition) is 4. The number of hydrogen-bond donors (Lipinski definition) is 0. The maximum Gasteiger partial charge on any atom is 0.272 e. The molecule has 2 fully saturated rings. The molecule has 5 rings (SSSR count). The Labute approximate surface area is 196 Å². The van der Waals surface area contributed by atoms with Gasteiger partial charge < -0.3 is 14.7 Å². The molecular formula is C27H34N4O2. The van der Waals surface area contributed by atoms with Gasteiger partial charge in [0.1, 0.15) is 5.69 Å². The van der Waals surface area contributed by atoms with E-state index in [1.165, 1.54) is 11.1 Å². The minimum absolute atomic E-state index is 0.0293. The Balaban J connectivity index is 1.28. The lowest BCUT2D eigenvalue weighted by Crippen LogP contribution is -2.47. The fourth-order valence-corrected chi connectivity index (χ4v) is 6.04. The number of fused-ring (bicyclic) bond motifs is 2. The van der Waals surface area contributed by atoms with Crippen molar-refractivity contribution in [1.82, 2.24) is 19.7 Å².